The van der Waals surface area contributed by atoms with E-state index in [2.05, 4.69) is 34.9 Å². The van der Waals surface area contributed by atoms with Crippen molar-refractivity contribution in [2.75, 3.05) is 11.9 Å². The van der Waals surface area contributed by atoms with Gasteiger partial charge in [-0.25, -0.2) is 4.79 Å². The van der Waals surface area contributed by atoms with E-state index >= 15 is 0 Å². The molecule has 2 aromatic carbocycles. The van der Waals surface area contributed by atoms with E-state index in [1.807, 2.05) is 12.1 Å². The van der Waals surface area contributed by atoms with Crippen molar-refractivity contribution in [3.8, 4) is 0 Å². The molecule has 2 aromatic rings. The molecule has 1 fully saturated rings. The zero-order chi connectivity index (χ0) is 19.1. The van der Waals surface area contributed by atoms with E-state index in [1.54, 1.807) is 18.2 Å². The molecule has 3 rings (SSSR count). The summed E-state index contributed by atoms with van der Waals surface area (Å²) in [5.41, 5.74) is 7.96. The Morgan fingerprint density at radius 1 is 1.04 bits per heavy atom. The highest BCUT2D eigenvalue weighted by atomic mass is 16.2. The minimum atomic E-state index is -0.390. The highest BCUT2D eigenvalue weighted by Gasteiger charge is 2.26. The number of hydrogen-bond acceptors (Lipinski definition) is 2. The van der Waals surface area contributed by atoms with Crippen molar-refractivity contribution in [1.82, 2.24) is 5.32 Å². The van der Waals surface area contributed by atoms with Gasteiger partial charge in [-0.05, 0) is 42.0 Å². The number of anilines is 1. The molecule has 5 nitrogen and oxygen atoms in total. The van der Waals surface area contributed by atoms with E-state index in [4.69, 9.17) is 5.73 Å². The third-order valence-corrected chi connectivity index (χ3v) is 5.24. The molecule has 1 aliphatic carbocycles. The normalized spacial score (nSPS) is 15.3. The monoisotopic (exact) mass is 365 g/mol. The molecule has 0 aromatic heterocycles. The number of urea groups is 1. The number of rotatable bonds is 7. The van der Waals surface area contributed by atoms with Crippen LogP contribution < -0.4 is 16.4 Å². The standard InChI is InChI=1S/C22H27N3O2/c23-21(26)14-16-7-6-12-19(13-16)25-22(27)24-15-20(18-10-4-5-11-18)17-8-2-1-3-9-17/h1-3,6-9,12-13,18,20H,4-5,10-11,14-15H2,(H2,23,26)(H2,24,25,27)/t20-/m0/s1. The quantitative estimate of drug-likeness (QED) is 0.697. The maximum Gasteiger partial charge on any atom is 0.319 e. The first kappa shape index (κ1) is 19.0. The maximum absolute atomic E-state index is 12.4. The molecule has 0 heterocycles. The smallest absolute Gasteiger partial charge is 0.319 e. The number of amides is 3. The third-order valence-electron chi connectivity index (χ3n) is 5.24. The fourth-order valence-corrected chi connectivity index (χ4v) is 3.95. The van der Waals surface area contributed by atoms with Crippen LogP contribution in [0, 0.1) is 5.92 Å². The van der Waals surface area contributed by atoms with Gasteiger partial charge >= 0.3 is 6.03 Å². The highest BCUT2D eigenvalue weighted by Crippen LogP contribution is 2.36. The number of nitrogens with one attached hydrogen (secondary N) is 2. The second kappa shape index (κ2) is 9.21. The van der Waals surface area contributed by atoms with Gasteiger partial charge in [0.1, 0.15) is 0 Å². The van der Waals surface area contributed by atoms with Crippen molar-refractivity contribution in [3.05, 3.63) is 65.7 Å². The van der Waals surface area contributed by atoms with Crippen LogP contribution in [0.3, 0.4) is 0 Å². The number of hydrogen-bond donors (Lipinski definition) is 3. The van der Waals surface area contributed by atoms with E-state index in [-0.39, 0.29) is 18.4 Å². The van der Waals surface area contributed by atoms with E-state index in [9.17, 15) is 9.59 Å². The minimum absolute atomic E-state index is 0.162. The van der Waals surface area contributed by atoms with Gasteiger partial charge in [-0.15, -0.1) is 0 Å². The van der Waals surface area contributed by atoms with Gasteiger partial charge in [-0.1, -0.05) is 55.3 Å². The fourth-order valence-electron chi connectivity index (χ4n) is 3.95. The van der Waals surface area contributed by atoms with Crippen LogP contribution in [-0.4, -0.2) is 18.5 Å². The van der Waals surface area contributed by atoms with E-state index in [0.29, 0.717) is 24.1 Å². The lowest BCUT2D eigenvalue weighted by Gasteiger charge is -2.24. The summed E-state index contributed by atoms with van der Waals surface area (Å²) in [6.45, 7) is 0.613. The Labute approximate surface area is 160 Å². The van der Waals surface area contributed by atoms with Gasteiger partial charge in [-0.3, -0.25) is 4.79 Å². The van der Waals surface area contributed by atoms with Crippen LogP contribution in [0.5, 0.6) is 0 Å². The molecule has 0 bridgehead atoms. The Morgan fingerprint density at radius 3 is 2.48 bits per heavy atom. The fraction of sp³-hybridized carbons (Fsp3) is 0.364. The zero-order valence-electron chi connectivity index (χ0n) is 15.5. The number of nitrogens with two attached hydrogens (primary N) is 1. The molecule has 0 spiro atoms. The van der Waals surface area contributed by atoms with Crippen molar-refractivity contribution >= 4 is 17.6 Å². The summed E-state index contributed by atoms with van der Waals surface area (Å²) in [4.78, 5) is 23.4. The van der Waals surface area contributed by atoms with E-state index in [1.165, 1.54) is 31.2 Å². The SMILES string of the molecule is NC(=O)Cc1cccc(NC(=O)NC[C@@H](c2ccccc2)C2CCCC2)c1. The largest absolute Gasteiger partial charge is 0.369 e. The van der Waals surface area contributed by atoms with Gasteiger partial charge in [0, 0.05) is 18.2 Å². The molecule has 1 atom stereocenters. The summed E-state index contributed by atoms with van der Waals surface area (Å²) in [6, 6.07) is 17.4. The van der Waals surface area contributed by atoms with Crippen molar-refractivity contribution in [3.63, 3.8) is 0 Å². The van der Waals surface area contributed by atoms with Gasteiger partial charge in [0.2, 0.25) is 5.91 Å². The Bertz CT molecular complexity index is 770. The predicted octanol–water partition coefficient (Wildman–Crippen LogP) is 3.81. The molecule has 0 radical (unpaired) electrons. The zero-order valence-corrected chi connectivity index (χ0v) is 15.5. The van der Waals surface area contributed by atoms with E-state index in [0.717, 1.165) is 5.56 Å². The molecular weight excluding hydrogens is 338 g/mol. The summed E-state index contributed by atoms with van der Waals surface area (Å²) < 4.78 is 0. The molecule has 27 heavy (non-hydrogen) atoms. The summed E-state index contributed by atoms with van der Waals surface area (Å²) in [7, 11) is 0. The third kappa shape index (κ3) is 5.58. The molecule has 0 saturated heterocycles. The predicted molar refractivity (Wildman–Crippen MR) is 108 cm³/mol. The van der Waals surface area contributed by atoms with Crippen molar-refractivity contribution in [1.29, 1.82) is 0 Å². The topological polar surface area (TPSA) is 84.2 Å². The first-order valence-corrected chi connectivity index (χ1v) is 9.59. The van der Waals surface area contributed by atoms with Gasteiger partial charge in [0.05, 0.1) is 6.42 Å². The van der Waals surface area contributed by atoms with Gasteiger partial charge in [-0.2, -0.15) is 0 Å². The number of carbonyl (C=O) groups is 2. The maximum atomic E-state index is 12.4. The summed E-state index contributed by atoms with van der Waals surface area (Å²) in [6.07, 6.45) is 5.14. The molecule has 3 amide bonds. The van der Waals surface area contributed by atoms with Gasteiger partial charge < -0.3 is 16.4 Å². The summed E-state index contributed by atoms with van der Waals surface area (Å²) >= 11 is 0. The second-order valence-corrected chi connectivity index (χ2v) is 7.24. The van der Waals surface area contributed by atoms with Crippen LogP contribution in [-0.2, 0) is 11.2 Å². The first-order chi connectivity index (χ1) is 13.1. The number of benzene rings is 2. The van der Waals surface area contributed by atoms with Crippen LogP contribution in [0.15, 0.2) is 54.6 Å². The van der Waals surface area contributed by atoms with Gasteiger partial charge in [0.15, 0.2) is 0 Å². The lowest BCUT2D eigenvalue weighted by atomic mass is 9.85. The molecule has 142 valence electrons. The number of carbonyl (C=O) groups excluding carboxylic acids is 2. The lowest BCUT2D eigenvalue weighted by Crippen LogP contribution is -2.34. The van der Waals surface area contributed by atoms with Crippen LogP contribution >= 0.6 is 0 Å². The van der Waals surface area contributed by atoms with Gasteiger partial charge in [0.25, 0.3) is 0 Å². The average molecular weight is 365 g/mol. The Balaban J connectivity index is 1.60. The Hall–Kier alpha value is -2.82. The molecule has 4 N–H and O–H groups in total. The highest BCUT2D eigenvalue weighted by molar-refractivity contribution is 5.89. The first-order valence-electron chi connectivity index (χ1n) is 9.59. The molecule has 5 heteroatoms. The lowest BCUT2D eigenvalue weighted by molar-refractivity contribution is -0.117. The van der Waals surface area contributed by atoms with Crippen LogP contribution in [0.4, 0.5) is 10.5 Å². The molecular formula is C22H27N3O2. The van der Waals surface area contributed by atoms with Crippen LogP contribution in [0.1, 0.15) is 42.7 Å². The Kier molecular flexibility index (Phi) is 6.47. The molecule has 0 unspecified atom stereocenters. The van der Waals surface area contributed by atoms with Crippen LogP contribution in [0.2, 0.25) is 0 Å². The minimum Gasteiger partial charge on any atom is -0.369 e. The summed E-state index contributed by atoms with van der Waals surface area (Å²) in [5, 5.41) is 5.88. The van der Waals surface area contributed by atoms with E-state index < -0.39 is 0 Å². The Morgan fingerprint density at radius 2 is 1.78 bits per heavy atom. The van der Waals surface area contributed by atoms with Crippen molar-refractivity contribution in [2.45, 2.75) is 38.0 Å². The molecule has 1 saturated carbocycles. The molecule has 1 aliphatic rings. The van der Waals surface area contributed by atoms with Crippen molar-refractivity contribution in [2.24, 2.45) is 11.7 Å². The average Bonchev–Trinajstić information content (AvgIpc) is 3.17. The molecule has 0 aliphatic heterocycles. The summed E-state index contributed by atoms with van der Waals surface area (Å²) in [5.74, 6) is 0.561. The number of primary amides is 1. The van der Waals surface area contributed by atoms with Crippen molar-refractivity contribution < 1.29 is 9.59 Å². The second-order valence-electron chi connectivity index (χ2n) is 7.24. The van der Waals surface area contributed by atoms with Crippen LogP contribution in [0.25, 0.3) is 0 Å².